The van der Waals surface area contributed by atoms with Gasteiger partial charge in [-0.2, -0.15) is 0 Å². The van der Waals surface area contributed by atoms with Gasteiger partial charge < -0.3 is 15.4 Å². The Hall–Kier alpha value is -1.46. The molecule has 0 unspecified atom stereocenters. The van der Waals surface area contributed by atoms with E-state index in [2.05, 4.69) is 4.99 Å². The van der Waals surface area contributed by atoms with Gasteiger partial charge in [-0.05, 0) is 19.1 Å². The first-order chi connectivity index (χ1) is 9.02. The van der Waals surface area contributed by atoms with Crippen molar-refractivity contribution in [3.8, 4) is 0 Å². The van der Waals surface area contributed by atoms with E-state index in [0.717, 1.165) is 5.56 Å². The van der Waals surface area contributed by atoms with Crippen LogP contribution in [-0.2, 0) is 16.1 Å². The number of benzene rings is 1. The van der Waals surface area contributed by atoms with Gasteiger partial charge in [0.25, 0.3) is 0 Å². The Morgan fingerprint density at radius 3 is 2.95 bits per heavy atom. The monoisotopic (exact) mass is 301 g/mol. The lowest BCUT2D eigenvalue weighted by Gasteiger charge is -2.27. The Morgan fingerprint density at radius 2 is 2.26 bits per heavy atom. The molecule has 5 nitrogen and oxygen atoms in total. The molecule has 0 spiro atoms. The number of rotatable bonds is 3. The molecule has 0 fully saturated rings. The molecule has 0 aromatic heterocycles. The largest absolute Gasteiger partial charge is 0.465 e. The van der Waals surface area contributed by atoms with Gasteiger partial charge >= 0.3 is 5.97 Å². The summed E-state index contributed by atoms with van der Waals surface area (Å²) in [5.74, 6) is -0.0961. The van der Waals surface area contributed by atoms with Crippen LogP contribution in [0.4, 0.5) is 5.69 Å². The standard InChI is InChI=1S/C12H13Cl2N3O2/c1-2-19-10(18)6-17-5-7-9(16-12(17)15)4-3-8(13)11(7)14/h3-4H,2,5-6H2,1H3,(H2,15,16). The van der Waals surface area contributed by atoms with Crippen molar-refractivity contribution >= 4 is 40.8 Å². The van der Waals surface area contributed by atoms with E-state index in [-0.39, 0.29) is 18.5 Å². The summed E-state index contributed by atoms with van der Waals surface area (Å²) >= 11 is 12.1. The summed E-state index contributed by atoms with van der Waals surface area (Å²) < 4.78 is 4.88. The summed E-state index contributed by atoms with van der Waals surface area (Å²) in [6.07, 6.45) is 0. The number of carbonyl (C=O) groups is 1. The number of carbonyl (C=O) groups excluding carboxylic acids is 1. The molecule has 0 amide bonds. The number of halogens is 2. The van der Waals surface area contributed by atoms with E-state index in [1.165, 1.54) is 0 Å². The van der Waals surface area contributed by atoms with Crippen molar-refractivity contribution in [2.45, 2.75) is 13.5 Å². The predicted octanol–water partition coefficient (Wildman–Crippen LogP) is 2.32. The second kappa shape index (κ2) is 5.67. The Labute approximate surface area is 120 Å². The van der Waals surface area contributed by atoms with Gasteiger partial charge in [0.15, 0.2) is 5.96 Å². The average Bonchev–Trinajstić information content (AvgIpc) is 2.36. The molecule has 2 N–H and O–H groups in total. The maximum Gasteiger partial charge on any atom is 0.325 e. The molecule has 0 bridgehead atoms. The number of fused-ring (bicyclic) bond motifs is 1. The lowest BCUT2D eigenvalue weighted by molar-refractivity contribution is -0.143. The minimum atomic E-state index is -0.359. The van der Waals surface area contributed by atoms with Crippen LogP contribution in [-0.4, -0.2) is 30.0 Å². The number of esters is 1. The van der Waals surface area contributed by atoms with Crippen LogP contribution in [0.25, 0.3) is 0 Å². The molecule has 19 heavy (non-hydrogen) atoms. The molecule has 0 atom stereocenters. The van der Waals surface area contributed by atoms with Crippen molar-refractivity contribution in [3.05, 3.63) is 27.7 Å². The Kier molecular flexibility index (Phi) is 4.17. The van der Waals surface area contributed by atoms with Crippen LogP contribution in [0, 0.1) is 0 Å². The molecule has 1 aliphatic rings. The third-order valence-electron chi connectivity index (χ3n) is 2.70. The SMILES string of the molecule is CCOC(=O)CN1Cc2c(ccc(Cl)c2Cl)N=C1N. The summed E-state index contributed by atoms with van der Waals surface area (Å²) in [6.45, 7) is 2.48. The van der Waals surface area contributed by atoms with Crippen LogP contribution in [0.15, 0.2) is 17.1 Å². The Morgan fingerprint density at radius 1 is 1.53 bits per heavy atom. The molecule has 1 heterocycles. The number of nitrogens with zero attached hydrogens (tertiary/aromatic N) is 2. The smallest absolute Gasteiger partial charge is 0.325 e. The highest BCUT2D eigenvalue weighted by Crippen LogP contribution is 2.36. The van der Waals surface area contributed by atoms with Gasteiger partial charge in [0, 0.05) is 5.56 Å². The molecule has 1 aromatic rings. The van der Waals surface area contributed by atoms with Gasteiger partial charge in [-0.15, -0.1) is 0 Å². The van der Waals surface area contributed by atoms with Crippen LogP contribution < -0.4 is 5.73 Å². The maximum absolute atomic E-state index is 11.5. The van der Waals surface area contributed by atoms with Crippen molar-refractivity contribution < 1.29 is 9.53 Å². The van der Waals surface area contributed by atoms with Gasteiger partial charge in [0.05, 0.1) is 28.9 Å². The van der Waals surface area contributed by atoms with E-state index in [4.69, 9.17) is 33.7 Å². The van der Waals surface area contributed by atoms with E-state index in [9.17, 15) is 4.79 Å². The number of guanidine groups is 1. The van der Waals surface area contributed by atoms with Crippen molar-refractivity contribution in [3.63, 3.8) is 0 Å². The lowest BCUT2D eigenvalue weighted by atomic mass is 10.1. The molecule has 0 saturated carbocycles. The van der Waals surface area contributed by atoms with Crippen LogP contribution in [0.5, 0.6) is 0 Å². The normalized spacial score (nSPS) is 13.8. The molecule has 0 radical (unpaired) electrons. The van der Waals surface area contributed by atoms with E-state index in [0.29, 0.717) is 28.9 Å². The fraction of sp³-hybridized carbons (Fsp3) is 0.333. The van der Waals surface area contributed by atoms with Gasteiger partial charge in [0.1, 0.15) is 6.54 Å². The fourth-order valence-electron chi connectivity index (χ4n) is 1.80. The third kappa shape index (κ3) is 2.93. The zero-order valence-corrected chi connectivity index (χ0v) is 11.8. The van der Waals surface area contributed by atoms with E-state index in [1.54, 1.807) is 24.0 Å². The maximum atomic E-state index is 11.5. The molecule has 0 saturated heterocycles. The van der Waals surface area contributed by atoms with Gasteiger partial charge in [-0.3, -0.25) is 4.79 Å². The van der Waals surface area contributed by atoms with Crippen molar-refractivity contribution in [1.29, 1.82) is 0 Å². The first-order valence-electron chi connectivity index (χ1n) is 5.74. The summed E-state index contributed by atoms with van der Waals surface area (Å²) in [5, 5.41) is 0.886. The quantitative estimate of drug-likeness (QED) is 0.870. The predicted molar refractivity (Wildman–Crippen MR) is 74.8 cm³/mol. The highest BCUT2D eigenvalue weighted by molar-refractivity contribution is 6.42. The zero-order valence-electron chi connectivity index (χ0n) is 10.3. The molecule has 0 aliphatic carbocycles. The number of hydrogen-bond acceptors (Lipinski definition) is 5. The number of aliphatic imine (C=N–C) groups is 1. The summed E-state index contributed by atoms with van der Waals surface area (Å²) in [7, 11) is 0. The molecule has 7 heteroatoms. The summed E-state index contributed by atoms with van der Waals surface area (Å²) in [4.78, 5) is 17.3. The van der Waals surface area contributed by atoms with Gasteiger partial charge in [-0.25, -0.2) is 4.99 Å². The first kappa shape index (κ1) is 14.0. The first-order valence-corrected chi connectivity index (χ1v) is 6.50. The lowest BCUT2D eigenvalue weighted by Crippen LogP contribution is -2.42. The van der Waals surface area contributed by atoms with E-state index in [1.807, 2.05) is 0 Å². The number of hydrogen-bond donors (Lipinski definition) is 1. The van der Waals surface area contributed by atoms with Gasteiger partial charge in [-0.1, -0.05) is 23.2 Å². The van der Waals surface area contributed by atoms with Crippen LogP contribution >= 0.6 is 23.2 Å². The molecule has 2 rings (SSSR count). The van der Waals surface area contributed by atoms with Crippen LogP contribution in [0.2, 0.25) is 10.0 Å². The van der Waals surface area contributed by atoms with Crippen LogP contribution in [0.3, 0.4) is 0 Å². The number of ether oxygens (including phenoxy) is 1. The summed E-state index contributed by atoms with van der Waals surface area (Å²) in [6, 6.07) is 3.42. The highest BCUT2D eigenvalue weighted by atomic mass is 35.5. The second-order valence-corrected chi connectivity index (χ2v) is 4.78. The molecule has 1 aliphatic heterocycles. The highest BCUT2D eigenvalue weighted by Gasteiger charge is 2.23. The minimum absolute atomic E-state index is 0.0332. The van der Waals surface area contributed by atoms with Crippen molar-refractivity contribution in [1.82, 2.24) is 4.90 Å². The van der Waals surface area contributed by atoms with Crippen molar-refractivity contribution in [2.24, 2.45) is 10.7 Å². The average molecular weight is 302 g/mol. The topological polar surface area (TPSA) is 67.9 Å². The fourth-order valence-corrected chi connectivity index (χ4v) is 2.20. The minimum Gasteiger partial charge on any atom is -0.465 e. The molecule has 102 valence electrons. The summed E-state index contributed by atoms with van der Waals surface area (Å²) in [5.41, 5.74) is 7.25. The Bertz CT molecular complexity index is 546. The molecular formula is C12H13Cl2N3O2. The van der Waals surface area contributed by atoms with E-state index < -0.39 is 0 Å². The Balaban J connectivity index is 2.24. The van der Waals surface area contributed by atoms with Gasteiger partial charge in [0.2, 0.25) is 0 Å². The second-order valence-electron chi connectivity index (χ2n) is 3.99. The van der Waals surface area contributed by atoms with Crippen LogP contribution in [0.1, 0.15) is 12.5 Å². The van der Waals surface area contributed by atoms with Crippen molar-refractivity contribution in [2.75, 3.05) is 13.2 Å². The molecular weight excluding hydrogens is 289 g/mol. The van der Waals surface area contributed by atoms with E-state index >= 15 is 0 Å². The zero-order chi connectivity index (χ0) is 14.0. The molecule has 1 aromatic carbocycles. The third-order valence-corrected chi connectivity index (χ3v) is 3.55. The number of nitrogens with two attached hydrogens (primary N) is 1.